The molecule has 3 fully saturated rings. The summed E-state index contributed by atoms with van der Waals surface area (Å²) in [7, 11) is -3.80. The maximum atomic E-state index is 14.0. The van der Waals surface area contributed by atoms with E-state index in [9.17, 15) is 37.5 Å². The van der Waals surface area contributed by atoms with Crippen LogP contribution in [-0.2, 0) is 24.4 Å². The molecule has 3 saturated heterocycles. The van der Waals surface area contributed by atoms with E-state index in [1.54, 1.807) is 34.6 Å². The number of nitrogens with zero attached hydrogens (tertiary/aromatic N) is 4. The van der Waals surface area contributed by atoms with Crippen LogP contribution in [0.4, 0.5) is 17.1 Å². The molecule has 0 saturated carbocycles. The molecule has 17 heteroatoms. The average molecular weight is 917 g/mol. The number of aliphatic hydroxyl groups is 1. The zero-order valence-electron chi connectivity index (χ0n) is 37.0. The smallest absolute Gasteiger partial charge is 0.264 e. The summed E-state index contributed by atoms with van der Waals surface area (Å²) in [5.74, 6) is -2.25. The maximum absolute atomic E-state index is 14.0. The van der Waals surface area contributed by atoms with Crippen LogP contribution in [-0.4, -0.2) is 133 Å². The van der Waals surface area contributed by atoms with Gasteiger partial charge in [-0.2, -0.15) is 4.31 Å². The second-order valence-electron chi connectivity index (χ2n) is 17.9. The quantitative estimate of drug-likeness (QED) is 0.0831. The van der Waals surface area contributed by atoms with Crippen molar-refractivity contribution in [3.8, 4) is 11.1 Å². The Morgan fingerprint density at radius 3 is 2.29 bits per heavy atom. The first-order valence-electron chi connectivity index (χ1n) is 22.9. The molecule has 5 N–H and O–H groups in total. The van der Waals surface area contributed by atoms with Crippen LogP contribution in [0.25, 0.3) is 11.1 Å². The fourth-order valence-corrected chi connectivity index (χ4v) is 11.9. The van der Waals surface area contributed by atoms with Crippen molar-refractivity contribution in [3.05, 3.63) is 107 Å². The van der Waals surface area contributed by atoms with Crippen LogP contribution in [0.2, 0.25) is 0 Å². The van der Waals surface area contributed by atoms with Crippen LogP contribution < -0.4 is 21.3 Å². The monoisotopic (exact) mass is 916 g/mol. The van der Waals surface area contributed by atoms with E-state index in [1.165, 1.54) is 0 Å². The van der Waals surface area contributed by atoms with Gasteiger partial charge in [0.2, 0.25) is 27.7 Å². The predicted molar refractivity (Wildman–Crippen MR) is 249 cm³/mol. The molecular formula is C49H56N8O8S. The lowest BCUT2D eigenvalue weighted by Gasteiger charge is -2.39. The highest BCUT2D eigenvalue weighted by Gasteiger charge is 2.49. The fraction of sp³-hybridized carbons (Fsp3) is 0.408. The van der Waals surface area contributed by atoms with Crippen LogP contribution in [0.15, 0.2) is 89.8 Å². The van der Waals surface area contributed by atoms with Gasteiger partial charge in [-0.3, -0.25) is 34.2 Å². The van der Waals surface area contributed by atoms with Gasteiger partial charge in [-0.1, -0.05) is 42.0 Å². The molecule has 1 unspecified atom stereocenters. The SMILES string of the molecule is Cc1ccc(S(=O)(=O)N2CC[C@@H]3[C@H](CO)Nc4ccc(-c5cccc(NC(=O)CCCN6CCN(CCCNc7cccc8c7C(=O)N(C7CCC(=O)NC7=O)C8=O)CC6)c5)cc4[C@@H]32)cc1. The van der Waals surface area contributed by atoms with Gasteiger partial charge in [-0.25, -0.2) is 8.42 Å². The van der Waals surface area contributed by atoms with Gasteiger partial charge < -0.3 is 30.9 Å². The number of rotatable bonds is 15. The van der Waals surface area contributed by atoms with E-state index >= 15 is 0 Å². The minimum Gasteiger partial charge on any atom is -0.394 e. The van der Waals surface area contributed by atoms with Gasteiger partial charge in [0, 0.05) is 75.1 Å². The lowest BCUT2D eigenvalue weighted by Crippen LogP contribution is -2.54. The Morgan fingerprint density at radius 2 is 1.55 bits per heavy atom. The molecule has 5 amide bonds. The van der Waals surface area contributed by atoms with Crippen molar-refractivity contribution >= 4 is 56.6 Å². The van der Waals surface area contributed by atoms with Crippen LogP contribution in [0.1, 0.15) is 76.4 Å². The van der Waals surface area contributed by atoms with Gasteiger partial charge in [0.1, 0.15) is 6.04 Å². The van der Waals surface area contributed by atoms with E-state index in [-0.39, 0.29) is 53.3 Å². The van der Waals surface area contributed by atoms with Gasteiger partial charge in [0.25, 0.3) is 11.8 Å². The number of aliphatic hydroxyl groups excluding tert-OH is 1. The number of piperazine rings is 1. The number of benzene rings is 4. The highest BCUT2D eigenvalue weighted by atomic mass is 32.2. The Balaban J connectivity index is 0.731. The zero-order chi connectivity index (χ0) is 46.1. The molecule has 5 aliphatic rings. The first kappa shape index (κ1) is 45.2. The first-order chi connectivity index (χ1) is 31.9. The third-order valence-corrected chi connectivity index (χ3v) is 15.6. The molecule has 9 rings (SSSR count). The highest BCUT2D eigenvalue weighted by molar-refractivity contribution is 7.89. The molecule has 346 valence electrons. The van der Waals surface area contributed by atoms with Crippen LogP contribution in [0.5, 0.6) is 0 Å². The standard InChI is InChI=1S/C49H56N8O8S/c1-31-11-14-35(15-12-31)66(64,65)56-23-19-36-41(30-58)52-39-16-13-33(29-38(39)46(36)56)32-6-2-7-34(28-32)51-43(59)10-4-21-54-24-26-55(27-25-54)22-5-20-50-40-9-3-8-37-45(40)49(63)57(48(37)62)42-17-18-44(60)53-47(42)61/h2-3,6-9,11-16,28-29,36,41-42,46,50,52,58H,4-5,10,17-27,30H2,1H3,(H,51,59)(H,53,60,61)/t36-,41+,42?,46-/m1/s1. The predicted octanol–water partition coefficient (Wildman–Crippen LogP) is 4.44. The lowest BCUT2D eigenvalue weighted by atomic mass is 9.82. The van der Waals surface area contributed by atoms with Crippen molar-refractivity contribution in [2.45, 2.75) is 68.5 Å². The highest BCUT2D eigenvalue weighted by Crippen LogP contribution is 2.49. The van der Waals surface area contributed by atoms with Crippen molar-refractivity contribution in [3.63, 3.8) is 0 Å². The summed E-state index contributed by atoms with van der Waals surface area (Å²) in [4.78, 5) is 69.9. The third-order valence-electron chi connectivity index (χ3n) is 13.7. The van der Waals surface area contributed by atoms with E-state index in [0.717, 1.165) is 85.0 Å². The molecule has 0 aliphatic carbocycles. The molecule has 0 bridgehead atoms. The third kappa shape index (κ3) is 9.09. The number of hydrogen-bond acceptors (Lipinski definition) is 12. The van der Waals surface area contributed by atoms with Gasteiger partial charge in [0.15, 0.2) is 0 Å². The van der Waals surface area contributed by atoms with Gasteiger partial charge >= 0.3 is 0 Å². The minimum absolute atomic E-state index is 0.0625. The van der Waals surface area contributed by atoms with Crippen molar-refractivity contribution in [2.24, 2.45) is 5.92 Å². The summed E-state index contributed by atoms with van der Waals surface area (Å²) in [6, 6.07) is 24.0. The Bertz CT molecular complexity index is 2650. The molecule has 0 aromatic heterocycles. The van der Waals surface area contributed by atoms with Crippen LogP contribution in [0.3, 0.4) is 0 Å². The Kier molecular flexibility index (Phi) is 13.1. The summed E-state index contributed by atoms with van der Waals surface area (Å²) in [5, 5.41) is 22.4. The topological polar surface area (TPSA) is 201 Å². The zero-order valence-corrected chi connectivity index (χ0v) is 37.8. The van der Waals surface area contributed by atoms with Gasteiger partial charge in [0.05, 0.1) is 34.7 Å². The fourth-order valence-electron chi connectivity index (χ4n) is 10.2. The summed E-state index contributed by atoms with van der Waals surface area (Å²) in [6.07, 6.45) is 2.72. The van der Waals surface area contributed by atoms with Gasteiger partial charge in [-0.05, 0) is 111 Å². The van der Waals surface area contributed by atoms with E-state index in [0.29, 0.717) is 37.3 Å². The van der Waals surface area contributed by atoms with E-state index in [2.05, 4.69) is 31.1 Å². The van der Waals surface area contributed by atoms with Crippen molar-refractivity contribution in [1.29, 1.82) is 0 Å². The number of carbonyl (C=O) groups excluding carboxylic acids is 5. The molecule has 0 radical (unpaired) electrons. The molecule has 4 aromatic carbocycles. The van der Waals surface area contributed by atoms with Crippen LogP contribution in [0, 0.1) is 12.8 Å². The van der Waals surface area contributed by atoms with Gasteiger partial charge in [-0.15, -0.1) is 0 Å². The number of piperidine rings is 1. The van der Waals surface area contributed by atoms with E-state index in [4.69, 9.17) is 0 Å². The lowest BCUT2D eigenvalue weighted by molar-refractivity contribution is -0.136. The molecular weight excluding hydrogens is 861 g/mol. The van der Waals surface area contributed by atoms with Crippen molar-refractivity contribution in [2.75, 3.05) is 74.9 Å². The van der Waals surface area contributed by atoms with Crippen LogP contribution >= 0.6 is 0 Å². The van der Waals surface area contributed by atoms with Crippen molar-refractivity contribution in [1.82, 2.24) is 24.3 Å². The number of hydrogen-bond donors (Lipinski definition) is 5. The summed E-state index contributed by atoms with van der Waals surface area (Å²) in [6.45, 7) is 8.02. The normalized spacial score (nSPS) is 22.4. The molecule has 4 aromatic rings. The first-order valence-corrected chi connectivity index (χ1v) is 24.4. The Labute approximate surface area is 384 Å². The molecule has 5 aliphatic heterocycles. The summed E-state index contributed by atoms with van der Waals surface area (Å²) < 4.78 is 29.6. The average Bonchev–Trinajstić information content (AvgIpc) is 3.88. The number of anilines is 3. The number of amides is 5. The Hall–Kier alpha value is -5.98. The molecule has 4 atom stereocenters. The van der Waals surface area contributed by atoms with E-state index < -0.39 is 45.7 Å². The molecule has 5 heterocycles. The number of aryl methyl sites for hydroxylation is 1. The summed E-state index contributed by atoms with van der Waals surface area (Å²) in [5.41, 5.74) is 6.20. The molecule has 0 spiro atoms. The number of nitrogens with one attached hydrogen (secondary N) is 4. The number of fused-ring (bicyclic) bond motifs is 4. The second-order valence-corrected chi connectivity index (χ2v) is 19.8. The minimum atomic E-state index is -3.80. The molecule has 66 heavy (non-hydrogen) atoms. The maximum Gasteiger partial charge on any atom is 0.264 e. The summed E-state index contributed by atoms with van der Waals surface area (Å²) >= 11 is 0. The Morgan fingerprint density at radius 1 is 0.818 bits per heavy atom. The number of sulfonamides is 1. The number of carbonyl (C=O) groups is 5. The van der Waals surface area contributed by atoms with E-state index in [1.807, 2.05) is 61.5 Å². The number of imide groups is 2. The largest absolute Gasteiger partial charge is 0.394 e. The second kappa shape index (κ2) is 19.1. The molecule has 16 nitrogen and oxygen atoms in total. The van der Waals surface area contributed by atoms with Crippen molar-refractivity contribution < 1.29 is 37.5 Å².